The Labute approximate surface area is 112 Å². The third kappa shape index (κ3) is 2.97. The van der Waals surface area contributed by atoms with Crippen molar-refractivity contribution >= 4 is 23.0 Å². The molecule has 100 valence electrons. The van der Waals surface area contributed by atoms with E-state index in [1.165, 1.54) is 6.92 Å². The molecule has 3 N–H and O–H groups in total. The zero-order valence-corrected chi connectivity index (χ0v) is 11.1. The molecule has 0 aliphatic heterocycles. The second-order valence-corrected chi connectivity index (χ2v) is 5.06. The highest BCUT2D eigenvalue weighted by molar-refractivity contribution is 7.15. The van der Waals surface area contributed by atoms with Gasteiger partial charge in [-0.25, -0.2) is 9.89 Å². The normalized spacial score (nSPS) is 12.1. The fourth-order valence-corrected chi connectivity index (χ4v) is 2.28. The number of nitrogens with zero attached hydrogens (tertiary/aromatic N) is 1. The molecule has 1 atom stereocenters. The fraction of sp³-hybridized carbons (Fsp3) is 0.273. The molecule has 0 fully saturated rings. The number of aromatic nitrogens is 3. The van der Waals surface area contributed by atoms with Crippen LogP contribution in [0.1, 0.15) is 45.1 Å². The minimum atomic E-state index is -0.436. The van der Waals surface area contributed by atoms with Crippen LogP contribution in [0.15, 0.2) is 16.9 Å². The average Bonchev–Trinajstić information content (AvgIpc) is 2.96. The highest BCUT2D eigenvalue weighted by Crippen LogP contribution is 2.17. The lowest BCUT2D eigenvalue weighted by molar-refractivity contribution is 0.0942. The van der Waals surface area contributed by atoms with Crippen LogP contribution in [0.5, 0.6) is 0 Å². The van der Waals surface area contributed by atoms with Crippen molar-refractivity contribution in [2.75, 3.05) is 0 Å². The van der Waals surface area contributed by atoms with Crippen LogP contribution in [0.2, 0.25) is 0 Å². The number of amides is 1. The van der Waals surface area contributed by atoms with Gasteiger partial charge in [0.05, 0.1) is 15.8 Å². The Kier molecular flexibility index (Phi) is 3.61. The third-order valence-electron chi connectivity index (χ3n) is 2.45. The summed E-state index contributed by atoms with van der Waals surface area (Å²) in [5.41, 5.74) is -0.425. The number of aromatic amines is 2. The van der Waals surface area contributed by atoms with E-state index in [1.54, 1.807) is 19.1 Å². The highest BCUT2D eigenvalue weighted by Gasteiger charge is 2.16. The van der Waals surface area contributed by atoms with Crippen molar-refractivity contribution in [2.45, 2.75) is 19.9 Å². The van der Waals surface area contributed by atoms with Gasteiger partial charge in [-0.05, 0) is 26.0 Å². The number of carbonyl (C=O) groups excluding carboxylic acids is 2. The molecule has 2 aromatic rings. The van der Waals surface area contributed by atoms with Crippen LogP contribution in [-0.4, -0.2) is 26.9 Å². The van der Waals surface area contributed by atoms with Crippen LogP contribution in [0.4, 0.5) is 0 Å². The van der Waals surface area contributed by atoms with E-state index >= 15 is 0 Å². The van der Waals surface area contributed by atoms with Crippen LogP contribution in [0.25, 0.3) is 0 Å². The fourth-order valence-electron chi connectivity index (χ4n) is 1.47. The Bertz CT molecular complexity index is 669. The average molecular weight is 280 g/mol. The molecule has 8 heteroatoms. The predicted octanol–water partition coefficient (Wildman–Crippen LogP) is 0.853. The zero-order chi connectivity index (χ0) is 14.0. The van der Waals surface area contributed by atoms with Gasteiger partial charge in [0.1, 0.15) is 0 Å². The summed E-state index contributed by atoms with van der Waals surface area (Å²) >= 11 is 1.13. The van der Waals surface area contributed by atoms with E-state index in [0.29, 0.717) is 15.6 Å². The minimum absolute atomic E-state index is 0.0753. The summed E-state index contributed by atoms with van der Waals surface area (Å²) in [7, 11) is 0. The molecule has 0 bridgehead atoms. The van der Waals surface area contributed by atoms with Crippen molar-refractivity contribution in [3.8, 4) is 0 Å². The Morgan fingerprint density at radius 1 is 1.37 bits per heavy atom. The first-order valence-electron chi connectivity index (χ1n) is 5.53. The first kappa shape index (κ1) is 13.2. The van der Waals surface area contributed by atoms with Gasteiger partial charge in [-0.2, -0.15) is 5.10 Å². The van der Waals surface area contributed by atoms with Crippen LogP contribution in [0, 0.1) is 0 Å². The molecule has 2 heterocycles. The van der Waals surface area contributed by atoms with Crippen molar-refractivity contribution in [3.05, 3.63) is 38.2 Å². The van der Waals surface area contributed by atoms with Crippen molar-refractivity contribution in [2.24, 2.45) is 0 Å². The topological polar surface area (TPSA) is 108 Å². The largest absolute Gasteiger partial charge is 0.342 e. The molecule has 0 aliphatic carbocycles. The molecule has 0 saturated carbocycles. The molecular formula is C11H12N4O3S. The number of hydrogen-bond donors (Lipinski definition) is 3. The van der Waals surface area contributed by atoms with Crippen molar-refractivity contribution in [3.63, 3.8) is 0 Å². The number of thiophene rings is 1. The quantitative estimate of drug-likeness (QED) is 0.721. The van der Waals surface area contributed by atoms with Gasteiger partial charge < -0.3 is 5.32 Å². The summed E-state index contributed by atoms with van der Waals surface area (Å²) in [4.78, 5) is 37.4. The van der Waals surface area contributed by atoms with Gasteiger partial charge in [-0.15, -0.1) is 11.3 Å². The van der Waals surface area contributed by atoms with E-state index in [0.717, 1.165) is 11.3 Å². The molecule has 7 nitrogen and oxygen atoms in total. The maximum absolute atomic E-state index is 11.9. The Hall–Kier alpha value is -2.22. The number of nitrogens with one attached hydrogen (secondary N) is 3. The minimum Gasteiger partial charge on any atom is -0.342 e. The smallest absolute Gasteiger partial charge is 0.340 e. The number of H-pyrrole nitrogens is 2. The van der Waals surface area contributed by atoms with Gasteiger partial charge in [0.2, 0.25) is 0 Å². The molecule has 0 radical (unpaired) electrons. The Morgan fingerprint density at radius 2 is 2.05 bits per heavy atom. The zero-order valence-electron chi connectivity index (χ0n) is 10.3. The Morgan fingerprint density at radius 3 is 2.58 bits per heavy atom. The summed E-state index contributed by atoms with van der Waals surface area (Å²) in [6.07, 6.45) is 0. The van der Waals surface area contributed by atoms with E-state index in [9.17, 15) is 14.4 Å². The van der Waals surface area contributed by atoms with Gasteiger partial charge in [-0.3, -0.25) is 14.6 Å². The summed E-state index contributed by atoms with van der Waals surface area (Å²) in [5.74, 6) is -0.0377. The Balaban J connectivity index is 2.08. The number of Topliss-reactive ketones (excluding diaryl/α,β-unsaturated/α-hetero) is 1. The lowest BCUT2D eigenvalue weighted by Crippen LogP contribution is -2.26. The SMILES string of the molecule is CC(=O)c1ccc(C(=O)N[C@@H](C)c2n[nH]c(=O)[nH]2)s1. The molecule has 19 heavy (non-hydrogen) atoms. The summed E-state index contributed by atoms with van der Waals surface area (Å²) < 4.78 is 0. The summed E-state index contributed by atoms with van der Waals surface area (Å²) in [5, 5.41) is 8.65. The van der Waals surface area contributed by atoms with E-state index in [4.69, 9.17) is 0 Å². The number of carbonyl (C=O) groups is 2. The van der Waals surface area contributed by atoms with Gasteiger partial charge in [0.15, 0.2) is 11.6 Å². The van der Waals surface area contributed by atoms with Gasteiger partial charge >= 0.3 is 5.69 Å². The van der Waals surface area contributed by atoms with Crippen LogP contribution in [-0.2, 0) is 0 Å². The first-order chi connectivity index (χ1) is 8.97. The van der Waals surface area contributed by atoms with E-state index in [2.05, 4.69) is 20.5 Å². The van der Waals surface area contributed by atoms with Crippen LogP contribution in [0.3, 0.4) is 0 Å². The number of rotatable bonds is 4. The molecule has 0 aliphatic rings. The maximum Gasteiger partial charge on any atom is 0.340 e. The second-order valence-electron chi connectivity index (χ2n) is 3.98. The molecule has 1 amide bonds. The van der Waals surface area contributed by atoms with Gasteiger partial charge in [0.25, 0.3) is 5.91 Å². The van der Waals surface area contributed by atoms with E-state index < -0.39 is 11.7 Å². The summed E-state index contributed by atoms with van der Waals surface area (Å²) in [6, 6.07) is 2.77. The van der Waals surface area contributed by atoms with E-state index in [1.807, 2.05) is 0 Å². The predicted molar refractivity (Wildman–Crippen MR) is 69.4 cm³/mol. The summed E-state index contributed by atoms with van der Waals surface area (Å²) in [6.45, 7) is 3.15. The van der Waals surface area contributed by atoms with Crippen LogP contribution < -0.4 is 11.0 Å². The molecular weight excluding hydrogens is 268 g/mol. The molecule has 2 aromatic heterocycles. The third-order valence-corrected chi connectivity index (χ3v) is 3.64. The molecule has 0 aromatic carbocycles. The standard InChI is InChI=1S/C11H12N4O3S/c1-5(9-13-11(18)15-14-9)12-10(17)8-4-3-7(19-8)6(2)16/h3-5H,1-2H3,(H,12,17)(H2,13,14,15,18)/t5-/m0/s1. The number of ketones is 1. The second kappa shape index (κ2) is 5.19. The van der Waals surface area contributed by atoms with Crippen molar-refractivity contribution in [1.29, 1.82) is 0 Å². The maximum atomic E-state index is 11.9. The van der Waals surface area contributed by atoms with Gasteiger partial charge in [-0.1, -0.05) is 0 Å². The molecule has 0 saturated heterocycles. The van der Waals surface area contributed by atoms with Crippen LogP contribution >= 0.6 is 11.3 Å². The van der Waals surface area contributed by atoms with Crippen molar-refractivity contribution < 1.29 is 9.59 Å². The van der Waals surface area contributed by atoms with Gasteiger partial charge in [0, 0.05) is 0 Å². The molecule has 0 spiro atoms. The first-order valence-corrected chi connectivity index (χ1v) is 6.35. The van der Waals surface area contributed by atoms with E-state index in [-0.39, 0.29) is 11.7 Å². The lowest BCUT2D eigenvalue weighted by Gasteiger charge is -2.09. The highest BCUT2D eigenvalue weighted by atomic mass is 32.1. The lowest BCUT2D eigenvalue weighted by atomic mass is 10.3. The monoisotopic (exact) mass is 280 g/mol. The molecule has 0 unspecified atom stereocenters. The van der Waals surface area contributed by atoms with Crippen molar-refractivity contribution in [1.82, 2.24) is 20.5 Å². The molecule has 2 rings (SSSR count). The number of hydrogen-bond acceptors (Lipinski definition) is 5.